The van der Waals surface area contributed by atoms with E-state index in [0.717, 1.165) is 32.1 Å². The van der Waals surface area contributed by atoms with Gasteiger partial charge < -0.3 is 15.2 Å². The zero-order valence-electron chi connectivity index (χ0n) is 11.3. The molecule has 110 valence electrons. The first-order valence-corrected chi connectivity index (χ1v) is 8.38. The van der Waals surface area contributed by atoms with Crippen molar-refractivity contribution in [2.24, 2.45) is 0 Å². The van der Waals surface area contributed by atoms with Crippen LogP contribution >= 0.6 is 38.5 Å². The van der Waals surface area contributed by atoms with E-state index in [4.69, 9.17) is 15.2 Å². The number of fused-ring (bicyclic) bond motifs is 1. The summed E-state index contributed by atoms with van der Waals surface area (Å²) in [5, 5.41) is 0. The van der Waals surface area contributed by atoms with Crippen molar-refractivity contribution in [3.63, 3.8) is 0 Å². The van der Waals surface area contributed by atoms with Gasteiger partial charge in [-0.05, 0) is 57.1 Å². The molecular weight excluding hydrogens is 449 g/mol. The lowest BCUT2D eigenvalue weighted by atomic mass is 10.1. The van der Waals surface area contributed by atoms with Crippen molar-refractivity contribution in [3.8, 4) is 22.9 Å². The molecule has 0 aliphatic carbocycles. The maximum absolute atomic E-state index is 6.01. The van der Waals surface area contributed by atoms with Gasteiger partial charge in [0.05, 0.1) is 13.7 Å². The summed E-state index contributed by atoms with van der Waals surface area (Å²) in [5.74, 6) is 2.52. The molecule has 2 heterocycles. The summed E-state index contributed by atoms with van der Waals surface area (Å²) < 4.78 is 12.6. The van der Waals surface area contributed by atoms with E-state index >= 15 is 0 Å². The van der Waals surface area contributed by atoms with E-state index < -0.39 is 0 Å². The highest BCUT2D eigenvalue weighted by atomic mass is 127. The molecule has 1 aromatic carbocycles. The van der Waals surface area contributed by atoms with E-state index in [0.29, 0.717) is 23.1 Å². The number of aryl methyl sites for hydroxylation is 1. The number of aromatic nitrogens is 2. The van der Waals surface area contributed by atoms with Crippen molar-refractivity contribution < 1.29 is 9.47 Å². The summed E-state index contributed by atoms with van der Waals surface area (Å²) in [7, 11) is 0. The van der Waals surface area contributed by atoms with Crippen LogP contribution in [0.15, 0.2) is 16.6 Å². The molecular formula is C14H13BrIN3O2. The highest BCUT2D eigenvalue weighted by Crippen LogP contribution is 2.42. The van der Waals surface area contributed by atoms with Gasteiger partial charge >= 0.3 is 0 Å². The van der Waals surface area contributed by atoms with Crippen molar-refractivity contribution in [1.82, 2.24) is 9.97 Å². The summed E-state index contributed by atoms with van der Waals surface area (Å²) in [6.45, 7) is 2.35. The average Bonchev–Trinajstić information content (AvgIpc) is 2.92. The average molecular weight is 462 g/mol. The van der Waals surface area contributed by atoms with Crippen LogP contribution in [0, 0.1) is 3.57 Å². The van der Waals surface area contributed by atoms with Crippen molar-refractivity contribution >= 4 is 44.3 Å². The number of rotatable bonds is 3. The van der Waals surface area contributed by atoms with Crippen LogP contribution in [0.5, 0.6) is 11.5 Å². The van der Waals surface area contributed by atoms with E-state index in [-0.39, 0.29) is 6.79 Å². The van der Waals surface area contributed by atoms with Crippen LogP contribution in [-0.2, 0) is 6.42 Å². The third-order valence-electron chi connectivity index (χ3n) is 3.12. The maximum atomic E-state index is 6.01. The molecule has 0 saturated carbocycles. The first kappa shape index (κ1) is 14.8. The molecule has 0 bridgehead atoms. The molecule has 2 aromatic rings. The van der Waals surface area contributed by atoms with Gasteiger partial charge in [-0.15, -0.1) is 0 Å². The summed E-state index contributed by atoms with van der Waals surface area (Å²) in [6.07, 6.45) is 1.89. The van der Waals surface area contributed by atoms with Crippen LogP contribution in [0.1, 0.15) is 19.0 Å². The SMILES string of the molecule is CCCc1nc(-c2cc(Br)c3c(c2)OCO3)nc(N)c1I. The van der Waals surface area contributed by atoms with Gasteiger partial charge in [-0.1, -0.05) is 13.3 Å². The van der Waals surface area contributed by atoms with Gasteiger partial charge in [0.25, 0.3) is 0 Å². The van der Waals surface area contributed by atoms with Crippen LogP contribution < -0.4 is 15.2 Å². The first-order chi connectivity index (χ1) is 10.1. The third-order valence-corrected chi connectivity index (χ3v) is 4.88. The third kappa shape index (κ3) is 2.80. The monoisotopic (exact) mass is 461 g/mol. The lowest BCUT2D eigenvalue weighted by molar-refractivity contribution is 0.173. The Labute approximate surface area is 144 Å². The van der Waals surface area contributed by atoms with Gasteiger partial charge in [0, 0.05) is 5.56 Å². The predicted octanol–water partition coefficient (Wildman–Crippen LogP) is 3.77. The molecule has 0 saturated heterocycles. The standard InChI is InChI=1S/C14H13BrIN3O2/c1-2-3-9-11(16)13(17)19-14(18-9)7-4-8(15)12-10(5-7)20-6-21-12/h4-5H,2-3,6H2,1H3,(H2,17,18,19). The molecule has 3 rings (SSSR count). The molecule has 0 unspecified atom stereocenters. The summed E-state index contributed by atoms with van der Waals surface area (Å²) in [5.41, 5.74) is 7.85. The second-order valence-corrected chi connectivity index (χ2v) is 6.57. The largest absolute Gasteiger partial charge is 0.454 e. The smallest absolute Gasteiger partial charge is 0.231 e. The van der Waals surface area contributed by atoms with Gasteiger partial charge in [0.1, 0.15) is 5.82 Å². The molecule has 5 nitrogen and oxygen atoms in total. The molecule has 0 fully saturated rings. The van der Waals surface area contributed by atoms with Gasteiger partial charge in [-0.25, -0.2) is 9.97 Å². The summed E-state index contributed by atoms with van der Waals surface area (Å²) in [4.78, 5) is 9.04. The Balaban J connectivity index is 2.10. The topological polar surface area (TPSA) is 70.3 Å². The van der Waals surface area contributed by atoms with Gasteiger partial charge in [0.15, 0.2) is 17.3 Å². The van der Waals surface area contributed by atoms with Gasteiger partial charge in [-0.2, -0.15) is 0 Å². The minimum Gasteiger partial charge on any atom is -0.454 e. The number of anilines is 1. The van der Waals surface area contributed by atoms with Crippen LogP contribution in [0.2, 0.25) is 0 Å². The van der Waals surface area contributed by atoms with Gasteiger partial charge in [-0.3, -0.25) is 0 Å². The highest BCUT2D eigenvalue weighted by molar-refractivity contribution is 14.1. The Kier molecular flexibility index (Phi) is 4.21. The Morgan fingerprint density at radius 2 is 2.14 bits per heavy atom. The number of nitrogen functional groups attached to an aromatic ring is 1. The van der Waals surface area contributed by atoms with E-state index in [1.807, 2.05) is 12.1 Å². The molecule has 0 radical (unpaired) electrons. The highest BCUT2D eigenvalue weighted by Gasteiger charge is 2.20. The number of nitrogens with two attached hydrogens (primary N) is 1. The number of halogens is 2. The fourth-order valence-electron chi connectivity index (χ4n) is 2.14. The normalized spacial score (nSPS) is 12.7. The Morgan fingerprint density at radius 3 is 2.90 bits per heavy atom. The fraction of sp³-hybridized carbons (Fsp3) is 0.286. The molecule has 2 N–H and O–H groups in total. The van der Waals surface area contributed by atoms with Crippen molar-refractivity contribution in [1.29, 1.82) is 0 Å². The lowest BCUT2D eigenvalue weighted by Crippen LogP contribution is -2.05. The number of hydrogen-bond acceptors (Lipinski definition) is 5. The molecule has 1 aliphatic rings. The second kappa shape index (κ2) is 5.96. The first-order valence-electron chi connectivity index (χ1n) is 6.51. The van der Waals surface area contributed by atoms with Crippen molar-refractivity contribution in [2.75, 3.05) is 12.5 Å². The van der Waals surface area contributed by atoms with Crippen molar-refractivity contribution in [3.05, 3.63) is 25.9 Å². The van der Waals surface area contributed by atoms with Crippen LogP contribution in [0.3, 0.4) is 0 Å². The van der Waals surface area contributed by atoms with Crippen LogP contribution in [0.4, 0.5) is 5.82 Å². The Bertz CT molecular complexity index is 709. The van der Waals surface area contributed by atoms with Gasteiger partial charge in [0.2, 0.25) is 6.79 Å². The number of nitrogens with zero attached hydrogens (tertiary/aromatic N) is 2. The van der Waals surface area contributed by atoms with Crippen LogP contribution in [0.25, 0.3) is 11.4 Å². The van der Waals surface area contributed by atoms with E-state index in [2.05, 4.69) is 55.4 Å². The second-order valence-electron chi connectivity index (χ2n) is 4.63. The molecule has 1 aromatic heterocycles. The number of hydrogen-bond donors (Lipinski definition) is 1. The minimum absolute atomic E-state index is 0.230. The molecule has 21 heavy (non-hydrogen) atoms. The van der Waals surface area contributed by atoms with E-state index in [9.17, 15) is 0 Å². The zero-order valence-corrected chi connectivity index (χ0v) is 15.1. The quantitative estimate of drug-likeness (QED) is 0.704. The van der Waals surface area contributed by atoms with E-state index in [1.54, 1.807) is 0 Å². The van der Waals surface area contributed by atoms with E-state index in [1.165, 1.54) is 0 Å². The summed E-state index contributed by atoms with van der Waals surface area (Å²) in [6, 6.07) is 3.80. The number of ether oxygens (including phenoxy) is 2. The zero-order chi connectivity index (χ0) is 15.0. The molecule has 0 amide bonds. The van der Waals surface area contributed by atoms with Crippen molar-refractivity contribution in [2.45, 2.75) is 19.8 Å². The number of benzene rings is 1. The Morgan fingerprint density at radius 1 is 1.33 bits per heavy atom. The lowest BCUT2D eigenvalue weighted by Gasteiger charge is -2.09. The predicted molar refractivity (Wildman–Crippen MR) is 92.4 cm³/mol. The maximum Gasteiger partial charge on any atom is 0.231 e. The summed E-state index contributed by atoms with van der Waals surface area (Å²) >= 11 is 5.68. The molecule has 1 aliphatic heterocycles. The van der Waals surface area contributed by atoms with Crippen LogP contribution in [-0.4, -0.2) is 16.8 Å². The molecule has 0 atom stereocenters. The fourth-order valence-corrected chi connectivity index (χ4v) is 3.21. The Hall–Kier alpha value is -1.09. The molecule has 0 spiro atoms. The minimum atomic E-state index is 0.230. The molecule has 7 heteroatoms.